The first-order valence-electron chi connectivity index (χ1n) is 9.57. The lowest BCUT2D eigenvalue weighted by atomic mass is 10.3. The van der Waals surface area contributed by atoms with E-state index >= 15 is 0 Å². The number of hydrogen-bond acceptors (Lipinski definition) is 7. The van der Waals surface area contributed by atoms with Crippen molar-refractivity contribution in [1.82, 2.24) is 14.9 Å². The second-order valence-electron chi connectivity index (χ2n) is 6.75. The fraction of sp³-hybridized carbons (Fsp3) is 0.450. The Kier molecular flexibility index (Phi) is 6.52. The number of anilines is 3. The number of piperazine rings is 1. The van der Waals surface area contributed by atoms with E-state index in [1.807, 2.05) is 51.1 Å². The van der Waals surface area contributed by atoms with Gasteiger partial charge in [0, 0.05) is 37.9 Å². The molecule has 1 saturated heterocycles. The van der Waals surface area contributed by atoms with Gasteiger partial charge < -0.3 is 24.6 Å². The van der Waals surface area contributed by atoms with Gasteiger partial charge in [0.15, 0.2) is 0 Å². The van der Waals surface area contributed by atoms with Crippen molar-refractivity contribution < 1.29 is 14.3 Å². The molecule has 0 aliphatic carbocycles. The van der Waals surface area contributed by atoms with E-state index in [2.05, 4.69) is 20.2 Å². The quantitative estimate of drug-likeness (QED) is 0.817. The first-order valence-corrected chi connectivity index (χ1v) is 9.57. The topological polar surface area (TPSA) is 79.8 Å². The van der Waals surface area contributed by atoms with Crippen LogP contribution in [-0.4, -0.2) is 59.9 Å². The summed E-state index contributed by atoms with van der Waals surface area (Å²) in [5, 5.41) is 3.29. The highest BCUT2D eigenvalue weighted by Gasteiger charge is 2.22. The van der Waals surface area contributed by atoms with Gasteiger partial charge in [-0.25, -0.2) is 14.8 Å². The molecule has 8 heteroatoms. The Morgan fingerprint density at radius 2 is 1.86 bits per heavy atom. The molecule has 1 amide bonds. The van der Waals surface area contributed by atoms with E-state index in [9.17, 15) is 4.79 Å². The molecule has 150 valence electrons. The van der Waals surface area contributed by atoms with E-state index < -0.39 is 0 Å². The van der Waals surface area contributed by atoms with Gasteiger partial charge in [0.25, 0.3) is 0 Å². The lowest BCUT2D eigenvalue weighted by molar-refractivity contribution is 0.105. The summed E-state index contributed by atoms with van der Waals surface area (Å²) in [5.74, 6) is 2.39. The number of aromatic nitrogens is 2. The molecule has 0 atom stereocenters. The van der Waals surface area contributed by atoms with Crippen molar-refractivity contribution in [2.75, 3.05) is 43.0 Å². The van der Waals surface area contributed by atoms with E-state index in [-0.39, 0.29) is 12.2 Å². The maximum Gasteiger partial charge on any atom is 0.409 e. The van der Waals surface area contributed by atoms with Crippen molar-refractivity contribution in [2.45, 2.75) is 26.9 Å². The van der Waals surface area contributed by atoms with Crippen LogP contribution < -0.4 is 15.0 Å². The third-order valence-electron chi connectivity index (χ3n) is 4.28. The van der Waals surface area contributed by atoms with Crippen molar-refractivity contribution >= 4 is 23.4 Å². The molecule has 28 heavy (non-hydrogen) atoms. The highest BCUT2D eigenvalue weighted by atomic mass is 16.6. The highest BCUT2D eigenvalue weighted by molar-refractivity contribution is 5.68. The Morgan fingerprint density at radius 1 is 1.14 bits per heavy atom. The van der Waals surface area contributed by atoms with Crippen LogP contribution in [0.25, 0.3) is 0 Å². The van der Waals surface area contributed by atoms with Crippen LogP contribution in [0.2, 0.25) is 0 Å². The van der Waals surface area contributed by atoms with E-state index in [4.69, 9.17) is 9.47 Å². The summed E-state index contributed by atoms with van der Waals surface area (Å²) in [4.78, 5) is 24.4. The van der Waals surface area contributed by atoms with Gasteiger partial charge >= 0.3 is 6.09 Å². The molecule has 2 aromatic rings. The largest absolute Gasteiger partial charge is 0.491 e. The molecule has 1 fully saturated rings. The second kappa shape index (κ2) is 9.25. The van der Waals surface area contributed by atoms with Gasteiger partial charge in [0.1, 0.15) is 23.7 Å². The first-order chi connectivity index (χ1) is 13.5. The Hall–Kier alpha value is -3.03. The van der Waals surface area contributed by atoms with Crippen LogP contribution in [0.3, 0.4) is 0 Å². The molecule has 0 saturated carbocycles. The van der Waals surface area contributed by atoms with Crippen LogP contribution in [0.15, 0.2) is 36.7 Å². The first kappa shape index (κ1) is 19.7. The number of nitrogens with zero attached hydrogens (tertiary/aromatic N) is 4. The Morgan fingerprint density at radius 3 is 2.50 bits per heavy atom. The minimum absolute atomic E-state index is 0.146. The third kappa shape index (κ3) is 5.25. The maximum atomic E-state index is 11.8. The second-order valence-corrected chi connectivity index (χ2v) is 6.75. The van der Waals surface area contributed by atoms with Gasteiger partial charge in [-0.2, -0.15) is 0 Å². The molecule has 0 radical (unpaired) electrons. The van der Waals surface area contributed by atoms with Crippen molar-refractivity contribution in [3.63, 3.8) is 0 Å². The SMILES string of the molecule is CCOC(=O)N1CCN(c2cc(Nc3ccc(OC(C)C)cc3)ncn2)CC1. The molecule has 0 spiro atoms. The molecule has 8 nitrogen and oxygen atoms in total. The minimum atomic E-state index is -0.253. The number of carbonyl (C=O) groups is 1. The van der Waals surface area contributed by atoms with Crippen LogP contribution in [0.1, 0.15) is 20.8 Å². The van der Waals surface area contributed by atoms with Crippen LogP contribution in [0.5, 0.6) is 5.75 Å². The van der Waals surface area contributed by atoms with Gasteiger partial charge in [0.05, 0.1) is 12.7 Å². The molecule has 0 unspecified atom stereocenters. The van der Waals surface area contributed by atoms with E-state index in [0.717, 1.165) is 23.1 Å². The predicted octanol–water partition coefficient (Wildman–Crippen LogP) is 3.29. The molecule has 2 heterocycles. The van der Waals surface area contributed by atoms with Crippen molar-refractivity contribution in [3.8, 4) is 5.75 Å². The molecular formula is C20H27N5O3. The molecule has 1 aliphatic rings. The summed E-state index contributed by atoms with van der Waals surface area (Å²) < 4.78 is 10.7. The van der Waals surface area contributed by atoms with Crippen molar-refractivity contribution in [1.29, 1.82) is 0 Å². The standard InChI is InChI=1S/C20H27N5O3/c1-4-27-20(26)25-11-9-24(10-12-25)19-13-18(21-14-22-19)23-16-5-7-17(8-6-16)28-15(2)3/h5-8,13-15H,4,9-12H2,1-3H3,(H,21,22,23). The summed E-state index contributed by atoms with van der Waals surface area (Å²) in [5.41, 5.74) is 0.924. The van der Waals surface area contributed by atoms with Crippen molar-refractivity contribution in [3.05, 3.63) is 36.7 Å². The minimum Gasteiger partial charge on any atom is -0.491 e. The fourth-order valence-electron chi connectivity index (χ4n) is 2.96. The van der Waals surface area contributed by atoms with Crippen LogP contribution in [-0.2, 0) is 4.74 Å². The van der Waals surface area contributed by atoms with Crippen LogP contribution in [0, 0.1) is 0 Å². The lowest BCUT2D eigenvalue weighted by Crippen LogP contribution is -2.49. The normalized spacial score (nSPS) is 14.1. The number of rotatable bonds is 6. The van der Waals surface area contributed by atoms with Gasteiger partial charge in [0.2, 0.25) is 0 Å². The van der Waals surface area contributed by atoms with E-state index in [0.29, 0.717) is 32.8 Å². The summed E-state index contributed by atoms with van der Waals surface area (Å²) in [6.45, 7) is 8.85. The Labute approximate surface area is 165 Å². The van der Waals surface area contributed by atoms with Gasteiger partial charge in [-0.05, 0) is 45.0 Å². The van der Waals surface area contributed by atoms with Gasteiger partial charge in [-0.1, -0.05) is 0 Å². The summed E-state index contributed by atoms with van der Waals surface area (Å²) in [6.07, 6.45) is 1.44. The number of carbonyl (C=O) groups excluding carboxylic acids is 1. The maximum absolute atomic E-state index is 11.8. The molecular weight excluding hydrogens is 358 g/mol. The zero-order valence-corrected chi connectivity index (χ0v) is 16.6. The lowest BCUT2D eigenvalue weighted by Gasteiger charge is -2.34. The average molecular weight is 385 g/mol. The molecule has 1 aromatic heterocycles. The summed E-state index contributed by atoms with van der Waals surface area (Å²) in [6, 6.07) is 9.69. The Balaban J connectivity index is 1.59. The summed E-state index contributed by atoms with van der Waals surface area (Å²) in [7, 11) is 0. The number of benzene rings is 1. The monoisotopic (exact) mass is 385 g/mol. The summed E-state index contributed by atoms with van der Waals surface area (Å²) >= 11 is 0. The third-order valence-corrected chi connectivity index (χ3v) is 4.28. The molecule has 1 aliphatic heterocycles. The van der Waals surface area contributed by atoms with Crippen LogP contribution >= 0.6 is 0 Å². The number of ether oxygens (including phenoxy) is 2. The van der Waals surface area contributed by atoms with Crippen molar-refractivity contribution in [2.24, 2.45) is 0 Å². The number of hydrogen-bond donors (Lipinski definition) is 1. The zero-order valence-electron chi connectivity index (χ0n) is 16.6. The molecule has 1 aromatic carbocycles. The predicted molar refractivity (Wildman–Crippen MR) is 108 cm³/mol. The van der Waals surface area contributed by atoms with E-state index in [1.165, 1.54) is 0 Å². The number of nitrogens with one attached hydrogen (secondary N) is 1. The van der Waals surface area contributed by atoms with Crippen LogP contribution in [0.4, 0.5) is 22.1 Å². The molecule has 0 bridgehead atoms. The molecule has 1 N–H and O–H groups in total. The van der Waals surface area contributed by atoms with Gasteiger partial charge in [-0.15, -0.1) is 0 Å². The molecule has 3 rings (SSSR count). The zero-order chi connectivity index (χ0) is 19.9. The number of amides is 1. The highest BCUT2D eigenvalue weighted by Crippen LogP contribution is 2.22. The average Bonchev–Trinajstić information content (AvgIpc) is 2.70. The Bertz CT molecular complexity index is 774. The van der Waals surface area contributed by atoms with Gasteiger partial charge in [-0.3, -0.25) is 0 Å². The fourth-order valence-corrected chi connectivity index (χ4v) is 2.96. The van der Waals surface area contributed by atoms with E-state index in [1.54, 1.807) is 11.2 Å². The smallest absolute Gasteiger partial charge is 0.409 e.